The summed E-state index contributed by atoms with van der Waals surface area (Å²) in [5, 5.41) is 3.80. The minimum atomic E-state index is -0.407. The van der Waals surface area contributed by atoms with E-state index in [1.54, 1.807) is 6.07 Å². The molecule has 0 bridgehead atoms. The normalized spacial score (nSPS) is 20.3. The van der Waals surface area contributed by atoms with Gasteiger partial charge in [-0.25, -0.2) is 14.4 Å². The van der Waals surface area contributed by atoms with Crippen molar-refractivity contribution >= 4 is 39.7 Å². The zero-order chi connectivity index (χ0) is 29.7. The van der Waals surface area contributed by atoms with Crippen molar-refractivity contribution in [3.05, 3.63) is 59.8 Å². The minimum Gasteiger partial charge on any atom is -0.423 e. The minimum absolute atomic E-state index is 0.267. The Balaban J connectivity index is 1.15. The lowest BCUT2D eigenvalue weighted by Gasteiger charge is -2.41. The van der Waals surface area contributed by atoms with Crippen LogP contribution >= 0.6 is 0 Å². The molecule has 3 aromatic heterocycles. The van der Waals surface area contributed by atoms with Crippen molar-refractivity contribution in [1.82, 2.24) is 29.3 Å². The van der Waals surface area contributed by atoms with Gasteiger partial charge < -0.3 is 24.9 Å². The van der Waals surface area contributed by atoms with Crippen LogP contribution in [0.4, 0.5) is 21.9 Å². The first-order valence-electron chi connectivity index (χ1n) is 15.4. The molecule has 2 aromatic carbocycles. The number of benzene rings is 2. The topological polar surface area (TPSA) is 101 Å². The molecule has 10 heteroatoms. The summed E-state index contributed by atoms with van der Waals surface area (Å²) in [4.78, 5) is 18.6. The molecule has 1 aliphatic heterocycles. The molecule has 0 atom stereocenters. The standard InChI is InChI=1S/C33H39FN8O/c1-4-21-15-20(2)16-28-30(21)43-33(39-28)38-27-10-5-22(17-26(27)34)25-18-42(32-29(25)31(35)36-19-37-32)24-8-6-23(7-9-24)41-13-11-40(3)12-14-41/h5,10,15-19,23-24H,4,6-9,11-14H2,1-3H3,(H,38,39)(H2,35,36,37)/t23-,24+. The number of halogens is 1. The van der Waals surface area contributed by atoms with Crippen LogP contribution in [0, 0.1) is 12.7 Å². The van der Waals surface area contributed by atoms with Gasteiger partial charge in [0.2, 0.25) is 0 Å². The molecule has 0 amide bonds. The lowest BCUT2D eigenvalue weighted by Crippen LogP contribution is -2.49. The van der Waals surface area contributed by atoms with E-state index in [0.717, 1.165) is 103 Å². The van der Waals surface area contributed by atoms with E-state index in [1.807, 2.05) is 19.1 Å². The summed E-state index contributed by atoms with van der Waals surface area (Å²) in [7, 11) is 2.20. The molecular formula is C33H39FN8O. The van der Waals surface area contributed by atoms with E-state index in [2.05, 4.69) is 60.9 Å². The molecule has 2 aliphatic rings. The summed E-state index contributed by atoms with van der Waals surface area (Å²) >= 11 is 0. The number of oxazole rings is 1. The fraction of sp³-hybridized carbons (Fsp3) is 0.424. The van der Waals surface area contributed by atoms with Crippen molar-refractivity contribution in [2.45, 2.75) is 58.0 Å². The molecule has 2 fully saturated rings. The Morgan fingerprint density at radius 2 is 1.79 bits per heavy atom. The van der Waals surface area contributed by atoms with Crippen LogP contribution in [-0.4, -0.2) is 68.6 Å². The number of piperazine rings is 1. The second-order valence-corrected chi connectivity index (χ2v) is 12.2. The van der Waals surface area contributed by atoms with Crippen molar-refractivity contribution in [3.63, 3.8) is 0 Å². The first-order valence-corrected chi connectivity index (χ1v) is 15.4. The Morgan fingerprint density at radius 1 is 1.02 bits per heavy atom. The van der Waals surface area contributed by atoms with Gasteiger partial charge in [0.15, 0.2) is 5.58 Å². The molecule has 0 spiro atoms. The number of nitrogens with two attached hydrogens (primary N) is 1. The smallest absolute Gasteiger partial charge is 0.300 e. The maximum Gasteiger partial charge on any atom is 0.300 e. The van der Waals surface area contributed by atoms with Crippen LogP contribution in [0.25, 0.3) is 33.3 Å². The number of nitrogens with one attached hydrogen (secondary N) is 1. The van der Waals surface area contributed by atoms with Gasteiger partial charge in [-0.3, -0.25) is 4.90 Å². The first kappa shape index (κ1) is 27.8. The summed E-state index contributed by atoms with van der Waals surface area (Å²) < 4.78 is 23.8. The molecule has 7 rings (SSSR count). The summed E-state index contributed by atoms with van der Waals surface area (Å²) in [6, 6.07) is 10.4. The highest BCUT2D eigenvalue weighted by Crippen LogP contribution is 2.40. The summed E-state index contributed by atoms with van der Waals surface area (Å²) in [5.41, 5.74) is 12.8. The molecule has 1 saturated heterocycles. The second kappa shape index (κ2) is 11.2. The monoisotopic (exact) mass is 582 g/mol. The maximum absolute atomic E-state index is 15.6. The van der Waals surface area contributed by atoms with Crippen molar-refractivity contribution in [2.24, 2.45) is 0 Å². The number of nitrogen functional groups attached to an aromatic ring is 1. The molecule has 1 aliphatic carbocycles. The molecule has 0 radical (unpaired) electrons. The highest BCUT2D eigenvalue weighted by atomic mass is 19.1. The van der Waals surface area contributed by atoms with Crippen LogP contribution in [0.1, 0.15) is 49.8 Å². The van der Waals surface area contributed by atoms with Crippen molar-refractivity contribution < 1.29 is 8.81 Å². The Hall–Kier alpha value is -4.02. The quantitative estimate of drug-likeness (QED) is 0.240. The van der Waals surface area contributed by atoms with Crippen molar-refractivity contribution in [1.29, 1.82) is 0 Å². The van der Waals surface area contributed by atoms with E-state index in [0.29, 0.717) is 23.6 Å². The third-order valence-corrected chi connectivity index (χ3v) is 9.37. The predicted molar refractivity (Wildman–Crippen MR) is 169 cm³/mol. The molecule has 224 valence electrons. The molecular weight excluding hydrogens is 543 g/mol. The average molecular weight is 583 g/mol. The van der Waals surface area contributed by atoms with Gasteiger partial charge in [0.1, 0.15) is 29.1 Å². The average Bonchev–Trinajstić information content (AvgIpc) is 3.60. The van der Waals surface area contributed by atoms with E-state index in [4.69, 9.17) is 10.2 Å². The van der Waals surface area contributed by atoms with E-state index in [1.165, 1.54) is 12.4 Å². The molecule has 9 nitrogen and oxygen atoms in total. The van der Waals surface area contributed by atoms with Gasteiger partial charge in [-0.1, -0.05) is 19.1 Å². The summed E-state index contributed by atoms with van der Waals surface area (Å²) in [5.74, 6) is -0.00311. The number of aromatic nitrogens is 4. The molecule has 4 heterocycles. The van der Waals surface area contributed by atoms with E-state index < -0.39 is 5.82 Å². The number of hydrogen-bond acceptors (Lipinski definition) is 8. The Bertz CT molecular complexity index is 1780. The zero-order valence-corrected chi connectivity index (χ0v) is 25.1. The number of fused-ring (bicyclic) bond motifs is 2. The zero-order valence-electron chi connectivity index (χ0n) is 25.1. The van der Waals surface area contributed by atoms with Gasteiger partial charge in [-0.15, -0.1) is 0 Å². The molecule has 43 heavy (non-hydrogen) atoms. The fourth-order valence-electron chi connectivity index (χ4n) is 6.97. The van der Waals surface area contributed by atoms with Crippen LogP contribution in [0.15, 0.2) is 47.3 Å². The maximum atomic E-state index is 15.6. The van der Waals surface area contributed by atoms with Gasteiger partial charge in [0, 0.05) is 50.0 Å². The third kappa shape index (κ3) is 5.23. The number of aryl methyl sites for hydroxylation is 2. The van der Waals surface area contributed by atoms with E-state index in [9.17, 15) is 0 Å². The van der Waals surface area contributed by atoms with Crippen LogP contribution in [0.3, 0.4) is 0 Å². The Kier molecular flexibility index (Phi) is 7.26. The van der Waals surface area contributed by atoms with Gasteiger partial charge in [-0.05, 0) is 81.0 Å². The number of likely N-dealkylation sites (N-methyl/N-ethyl adjacent to an activating group) is 1. The van der Waals surface area contributed by atoms with Gasteiger partial charge in [0.05, 0.1) is 11.1 Å². The second-order valence-electron chi connectivity index (χ2n) is 12.2. The summed E-state index contributed by atoms with van der Waals surface area (Å²) in [6.07, 6.45) is 8.91. The molecule has 5 aromatic rings. The van der Waals surface area contributed by atoms with Gasteiger partial charge in [-0.2, -0.15) is 4.98 Å². The SMILES string of the molecule is CCc1cc(C)cc2nc(Nc3ccc(-c4cn([C@H]5CC[C@@H](N6CCN(C)CC6)CC5)c5ncnc(N)c45)cc3F)oc12. The Labute approximate surface area is 250 Å². The van der Waals surface area contributed by atoms with Crippen LogP contribution in [0.2, 0.25) is 0 Å². The van der Waals surface area contributed by atoms with Crippen LogP contribution in [-0.2, 0) is 6.42 Å². The number of anilines is 3. The third-order valence-electron chi connectivity index (χ3n) is 9.37. The number of nitrogens with zero attached hydrogens (tertiary/aromatic N) is 6. The lowest BCUT2D eigenvalue weighted by atomic mass is 9.89. The summed E-state index contributed by atoms with van der Waals surface area (Å²) in [6.45, 7) is 8.69. The van der Waals surface area contributed by atoms with E-state index in [-0.39, 0.29) is 6.01 Å². The first-order chi connectivity index (χ1) is 20.9. The van der Waals surface area contributed by atoms with E-state index >= 15 is 4.39 Å². The molecule has 0 unspecified atom stereocenters. The number of rotatable bonds is 6. The molecule has 3 N–H and O–H groups in total. The van der Waals surface area contributed by atoms with Crippen LogP contribution < -0.4 is 11.1 Å². The van der Waals surface area contributed by atoms with Gasteiger partial charge >= 0.3 is 0 Å². The largest absolute Gasteiger partial charge is 0.423 e. The van der Waals surface area contributed by atoms with Crippen molar-refractivity contribution in [2.75, 3.05) is 44.3 Å². The highest BCUT2D eigenvalue weighted by molar-refractivity contribution is 6.00. The lowest BCUT2D eigenvalue weighted by molar-refractivity contribution is 0.0828. The van der Waals surface area contributed by atoms with Crippen molar-refractivity contribution in [3.8, 4) is 11.1 Å². The Morgan fingerprint density at radius 3 is 2.53 bits per heavy atom. The fourth-order valence-corrected chi connectivity index (χ4v) is 6.97. The number of hydrogen-bond donors (Lipinski definition) is 2. The van der Waals surface area contributed by atoms with Gasteiger partial charge in [0.25, 0.3) is 6.01 Å². The molecule has 1 saturated carbocycles. The van der Waals surface area contributed by atoms with Crippen LogP contribution in [0.5, 0.6) is 0 Å². The predicted octanol–water partition coefficient (Wildman–Crippen LogP) is 6.31. The highest BCUT2D eigenvalue weighted by Gasteiger charge is 2.30.